The van der Waals surface area contributed by atoms with E-state index in [0.29, 0.717) is 27.6 Å². The van der Waals surface area contributed by atoms with E-state index in [0.717, 1.165) is 5.56 Å². The predicted molar refractivity (Wildman–Crippen MR) is 70.6 cm³/mol. The van der Waals surface area contributed by atoms with Crippen molar-refractivity contribution in [3.63, 3.8) is 0 Å². The first-order chi connectivity index (χ1) is 8.13. The second kappa shape index (κ2) is 4.44. The van der Waals surface area contributed by atoms with Gasteiger partial charge in [0.1, 0.15) is 5.00 Å². The van der Waals surface area contributed by atoms with Crippen LogP contribution in [0.2, 0.25) is 0 Å². The lowest BCUT2D eigenvalue weighted by Gasteiger charge is -2.05. The number of nitrogen functional groups attached to an aromatic ring is 1. The van der Waals surface area contributed by atoms with Gasteiger partial charge in [0.2, 0.25) is 0 Å². The first kappa shape index (κ1) is 11.4. The molecular formula is C11H12N4OS. The van der Waals surface area contributed by atoms with Crippen molar-refractivity contribution in [1.29, 1.82) is 0 Å². The van der Waals surface area contributed by atoms with Crippen molar-refractivity contribution in [3.8, 4) is 11.3 Å². The van der Waals surface area contributed by atoms with Crippen LogP contribution in [-0.4, -0.2) is 9.58 Å². The molecule has 0 fully saturated rings. The van der Waals surface area contributed by atoms with Crippen LogP contribution < -0.4 is 16.9 Å². The molecule has 0 atom stereocenters. The van der Waals surface area contributed by atoms with Crippen molar-refractivity contribution in [2.24, 2.45) is 5.73 Å². The quantitative estimate of drug-likeness (QED) is 0.624. The molecule has 1 aromatic carbocycles. The maximum atomic E-state index is 8.86. The van der Waals surface area contributed by atoms with E-state index in [1.165, 1.54) is 11.5 Å². The summed E-state index contributed by atoms with van der Waals surface area (Å²) >= 11 is 1.17. The lowest BCUT2D eigenvalue weighted by atomic mass is 10.1. The van der Waals surface area contributed by atoms with Gasteiger partial charge < -0.3 is 11.5 Å². The van der Waals surface area contributed by atoms with Crippen LogP contribution in [0.1, 0.15) is 5.56 Å². The molecule has 1 heterocycles. The Kier molecular flexibility index (Phi) is 2.99. The molecule has 5 nitrogen and oxygen atoms in total. The molecule has 0 aliphatic rings. The number of nitrogens with one attached hydrogen (secondary N) is 1. The minimum absolute atomic E-state index is 0.383. The van der Waals surface area contributed by atoms with E-state index in [4.69, 9.17) is 16.7 Å². The van der Waals surface area contributed by atoms with Crippen molar-refractivity contribution in [2.45, 2.75) is 0 Å². The number of hydrogen-bond donors (Lipinski definition) is 4. The summed E-state index contributed by atoms with van der Waals surface area (Å²) in [6.07, 6.45) is 0. The Balaban J connectivity index is 2.56. The van der Waals surface area contributed by atoms with Crippen LogP contribution >= 0.6 is 11.5 Å². The molecule has 0 spiro atoms. The van der Waals surface area contributed by atoms with E-state index < -0.39 is 0 Å². The number of rotatable bonds is 3. The maximum absolute atomic E-state index is 8.86. The van der Waals surface area contributed by atoms with Gasteiger partial charge in [-0.05, 0) is 23.7 Å². The molecule has 0 saturated heterocycles. The van der Waals surface area contributed by atoms with Crippen LogP contribution in [0.5, 0.6) is 0 Å². The standard InChI is InChI=1S/C11H12N4OS/c1-6(12)9-10(15-17-11(9)13)7-3-2-4-8(5-7)14-16/h2-5,14,16H,1,12-13H2. The summed E-state index contributed by atoms with van der Waals surface area (Å²) < 4.78 is 4.25. The number of nitrogens with two attached hydrogens (primary N) is 2. The molecule has 6 N–H and O–H groups in total. The van der Waals surface area contributed by atoms with Gasteiger partial charge in [0.05, 0.1) is 16.9 Å². The van der Waals surface area contributed by atoms with E-state index >= 15 is 0 Å². The predicted octanol–water partition coefficient (Wildman–Crippen LogP) is 2.12. The molecule has 1 aromatic heterocycles. The molecule has 0 amide bonds. The second-order valence-corrected chi connectivity index (χ2v) is 4.29. The van der Waals surface area contributed by atoms with Gasteiger partial charge >= 0.3 is 0 Å². The molecule has 0 aliphatic heterocycles. The molecule has 0 saturated carbocycles. The zero-order chi connectivity index (χ0) is 12.4. The highest BCUT2D eigenvalue weighted by Gasteiger charge is 2.14. The van der Waals surface area contributed by atoms with Crippen LogP contribution in [0.25, 0.3) is 17.0 Å². The molecule has 0 unspecified atom stereocenters. The zero-order valence-electron chi connectivity index (χ0n) is 8.97. The third kappa shape index (κ3) is 2.08. The Morgan fingerprint density at radius 3 is 2.88 bits per heavy atom. The number of benzene rings is 1. The van der Waals surface area contributed by atoms with Gasteiger partial charge in [-0.1, -0.05) is 18.7 Å². The van der Waals surface area contributed by atoms with Crippen LogP contribution in [0.4, 0.5) is 10.7 Å². The SMILES string of the molecule is C=C(N)c1c(-c2cccc(NO)c2)nsc1N. The van der Waals surface area contributed by atoms with Gasteiger partial charge in [0.15, 0.2) is 0 Å². The maximum Gasteiger partial charge on any atom is 0.116 e. The second-order valence-electron chi connectivity index (χ2n) is 3.49. The number of anilines is 2. The highest BCUT2D eigenvalue weighted by atomic mass is 32.1. The Bertz CT molecular complexity index is 564. The molecule has 88 valence electrons. The summed E-state index contributed by atoms with van der Waals surface area (Å²) in [5.41, 5.74) is 16.7. The van der Waals surface area contributed by atoms with Crippen molar-refractivity contribution >= 4 is 27.9 Å². The largest absolute Gasteiger partial charge is 0.399 e. The highest BCUT2D eigenvalue weighted by Crippen LogP contribution is 2.33. The minimum Gasteiger partial charge on any atom is -0.399 e. The molecule has 2 rings (SSSR count). The van der Waals surface area contributed by atoms with Crippen molar-refractivity contribution in [2.75, 3.05) is 11.2 Å². The van der Waals surface area contributed by atoms with Gasteiger partial charge in [0, 0.05) is 11.3 Å². The summed E-state index contributed by atoms with van der Waals surface area (Å²) in [6, 6.07) is 7.14. The summed E-state index contributed by atoms with van der Waals surface area (Å²) in [5.74, 6) is 0. The van der Waals surface area contributed by atoms with E-state index in [-0.39, 0.29) is 0 Å². The molecule has 0 bridgehead atoms. The lowest BCUT2D eigenvalue weighted by Crippen LogP contribution is -1.98. The highest BCUT2D eigenvalue weighted by molar-refractivity contribution is 7.10. The normalized spacial score (nSPS) is 10.2. The van der Waals surface area contributed by atoms with Crippen molar-refractivity contribution in [1.82, 2.24) is 4.37 Å². The summed E-state index contributed by atoms with van der Waals surface area (Å²) in [5, 5.41) is 9.39. The van der Waals surface area contributed by atoms with E-state index in [1.807, 2.05) is 6.07 Å². The Hall–Kier alpha value is -2.05. The van der Waals surface area contributed by atoms with E-state index in [9.17, 15) is 0 Å². The van der Waals surface area contributed by atoms with Gasteiger partial charge in [-0.15, -0.1) is 0 Å². The monoisotopic (exact) mass is 248 g/mol. The topological polar surface area (TPSA) is 97.2 Å². The average molecular weight is 248 g/mol. The average Bonchev–Trinajstić information content (AvgIpc) is 2.71. The molecule has 6 heteroatoms. The minimum atomic E-state index is 0.383. The van der Waals surface area contributed by atoms with Crippen molar-refractivity contribution in [3.05, 3.63) is 36.4 Å². The lowest BCUT2D eigenvalue weighted by molar-refractivity contribution is 0.389. The van der Waals surface area contributed by atoms with Crippen molar-refractivity contribution < 1.29 is 5.21 Å². The van der Waals surface area contributed by atoms with E-state index in [2.05, 4.69) is 16.4 Å². The summed E-state index contributed by atoms with van der Waals surface area (Å²) in [4.78, 5) is 0. The molecule has 17 heavy (non-hydrogen) atoms. The third-order valence-electron chi connectivity index (χ3n) is 2.30. The fourth-order valence-corrected chi connectivity index (χ4v) is 2.25. The fraction of sp³-hybridized carbons (Fsp3) is 0. The van der Waals surface area contributed by atoms with Gasteiger partial charge in [-0.2, -0.15) is 4.37 Å². The van der Waals surface area contributed by atoms with Gasteiger partial charge in [-0.3, -0.25) is 10.7 Å². The Morgan fingerprint density at radius 2 is 2.24 bits per heavy atom. The molecular weight excluding hydrogens is 236 g/mol. The molecule has 2 aromatic rings. The Labute approximate surface area is 103 Å². The number of nitrogens with zero attached hydrogens (tertiary/aromatic N) is 1. The number of aromatic nitrogens is 1. The first-order valence-corrected chi connectivity index (χ1v) is 5.61. The van der Waals surface area contributed by atoms with Crippen LogP contribution in [0.15, 0.2) is 30.8 Å². The summed E-state index contributed by atoms with van der Waals surface area (Å²) in [7, 11) is 0. The van der Waals surface area contributed by atoms with Crippen LogP contribution in [0.3, 0.4) is 0 Å². The van der Waals surface area contributed by atoms with Crippen LogP contribution in [-0.2, 0) is 0 Å². The van der Waals surface area contributed by atoms with Crippen LogP contribution in [0, 0.1) is 0 Å². The van der Waals surface area contributed by atoms with Gasteiger partial charge in [-0.25, -0.2) is 0 Å². The summed E-state index contributed by atoms with van der Waals surface area (Å²) in [6.45, 7) is 3.69. The fourth-order valence-electron chi connectivity index (χ4n) is 1.55. The zero-order valence-corrected chi connectivity index (χ0v) is 9.79. The third-order valence-corrected chi connectivity index (χ3v) is 2.98. The number of hydrogen-bond acceptors (Lipinski definition) is 6. The van der Waals surface area contributed by atoms with Gasteiger partial charge in [0.25, 0.3) is 0 Å². The molecule has 0 aliphatic carbocycles. The Morgan fingerprint density at radius 1 is 1.47 bits per heavy atom. The smallest absolute Gasteiger partial charge is 0.116 e. The first-order valence-electron chi connectivity index (χ1n) is 4.84. The van der Waals surface area contributed by atoms with E-state index in [1.54, 1.807) is 18.2 Å². The molecule has 0 radical (unpaired) electrons.